The van der Waals surface area contributed by atoms with E-state index in [1.165, 1.54) is 11.3 Å². The molecule has 1 aliphatic heterocycles. The van der Waals surface area contributed by atoms with E-state index >= 15 is 0 Å². The van der Waals surface area contributed by atoms with E-state index in [4.69, 9.17) is 16.4 Å². The molecule has 0 aliphatic carbocycles. The molecule has 0 spiro atoms. The molecule has 7 heteroatoms. The summed E-state index contributed by atoms with van der Waals surface area (Å²) in [4.78, 5) is 22.0. The minimum atomic E-state index is -1.06. The maximum absolute atomic E-state index is 12.4. The zero-order chi connectivity index (χ0) is 15.7. The van der Waals surface area contributed by atoms with Gasteiger partial charge in [-0.05, 0) is 19.9 Å². The number of rotatable bonds is 3. The number of anilines is 1. The molecule has 1 aromatic heterocycles. The monoisotopic (exact) mass is 335 g/mol. The lowest BCUT2D eigenvalue weighted by Gasteiger charge is -2.19. The van der Waals surface area contributed by atoms with Gasteiger partial charge in [0.25, 0.3) is 5.91 Å². The summed E-state index contributed by atoms with van der Waals surface area (Å²) in [6.45, 7) is 3.58. The smallest absolute Gasteiger partial charge is 0.273 e. The van der Waals surface area contributed by atoms with Crippen molar-refractivity contribution >= 4 is 39.7 Å². The molecule has 2 heterocycles. The highest BCUT2D eigenvalue weighted by Crippen LogP contribution is 2.30. The number of carbonyl (C=O) groups excluding carboxylic acids is 1. The summed E-state index contributed by atoms with van der Waals surface area (Å²) in [6.07, 6.45) is 0.354. The number of aromatic nitrogens is 1. The minimum Gasteiger partial charge on any atom is -0.379 e. The van der Waals surface area contributed by atoms with E-state index in [-0.39, 0.29) is 5.91 Å². The van der Waals surface area contributed by atoms with Gasteiger partial charge in [-0.1, -0.05) is 35.0 Å². The van der Waals surface area contributed by atoms with Gasteiger partial charge in [0.1, 0.15) is 0 Å². The molecule has 1 N–H and O–H groups in total. The van der Waals surface area contributed by atoms with Gasteiger partial charge in [0.05, 0.1) is 11.4 Å². The fourth-order valence-electron chi connectivity index (χ4n) is 2.14. The van der Waals surface area contributed by atoms with Crippen molar-refractivity contribution in [3.63, 3.8) is 0 Å². The second kappa shape index (κ2) is 5.70. The van der Waals surface area contributed by atoms with Gasteiger partial charge in [-0.15, -0.1) is 11.3 Å². The van der Waals surface area contributed by atoms with Gasteiger partial charge in [0.15, 0.2) is 5.13 Å². The molecule has 0 radical (unpaired) electrons. The number of benzene rings is 1. The van der Waals surface area contributed by atoms with E-state index in [1.54, 1.807) is 13.0 Å². The van der Waals surface area contributed by atoms with Crippen LogP contribution in [0.2, 0.25) is 5.02 Å². The molecule has 0 bridgehead atoms. The van der Waals surface area contributed by atoms with Crippen LogP contribution in [0.3, 0.4) is 0 Å². The average molecular weight is 336 g/mol. The minimum absolute atomic E-state index is 0.271. The van der Waals surface area contributed by atoms with Gasteiger partial charge < -0.3 is 4.84 Å². The van der Waals surface area contributed by atoms with E-state index < -0.39 is 5.60 Å². The fourth-order valence-corrected chi connectivity index (χ4v) is 3.07. The summed E-state index contributed by atoms with van der Waals surface area (Å²) in [5.74, 6) is -0.271. The molecular weight excluding hydrogens is 322 g/mol. The number of aryl methyl sites for hydroxylation is 1. The molecule has 5 nitrogen and oxygen atoms in total. The SMILES string of the molecule is Cc1csc(NC(=O)C2(C)CC(c3ccccc3Cl)=NO2)n1. The topological polar surface area (TPSA) is 63.6 Å². The first-order valence-electron chi connectivity index (χ1n) is 6.71. The van der Waals surface area contributed by atoms with Crippen molar-refractivity contribution < 1.29 is 9.63 Å². The molecule has 3 rings (SSSR count). The largest absolute Gasteiger partial charge is 0.379 e. The number of nitrogens with one attached hydrogen (secondary N) is 1. The standard InChI is InChI=1S/C15H14ClN3O2S/c1-9-8-22-14(17-9)18-13(20)15(2)7-12(19-21-15)10-5-3-4-6-11(10)16/h3-6,8H,7H2,1-2H3,(H,17,18,20). The molecule has 2 aromatic rings. The Kier molecular flexibility index (Phi) is 3.88. The zero-order valence-electron chi connectivity index (χ0n) is 12.1. The van der Waals surface area contributed by atoms with Crippen LogP contribution < -0.4 is 5.32 Å². The fraction of sp³-hybridized carbons (Fsp3) is 0.267. The van der Waals surface area contributed by atoms with Crippen LogP contribution >= 0.6 is 22.9 Å². The Morgan fingerprint density at radius 3 is 2.91 bits per heavy atom. The van der Waals surface area contributed by atoms with E-state index in [0.717, 1.165) is 11.3 Å². The number of thiazole rings is 1. The number of hydrogen-bond acceptors (Lipinski definition) is 5. The lowest BCUT2D eigenvalue weighted by Crippen LogP contribution is -2.40. The molecule has 0 saturated heterocycles. The Hall–Kier alpha value is -1.92. The average Bonchev–Trinajstić information content (AvgIpc) is 3.07. The number of hydrogen-bond donors (Lipinski definition) is 1. The quantitative estimate of drug-likeness (QED) is 0.931. The lowest BCUT2D eigenvalue weighted by atomic mass is 9.95. The first-order chi connectivity index (χ1) is 10.5. The van der Waals surface area contributed by atoms with Crippen molar-refractivity contribution in [1.29, 1.82) is 0 Å². The van der Waals surface area contributed by atoms with Crippen molar-refractivity contribution in [1.82, 2.24) is 4.98 Å². The van der Waals surface area contributed by atoms with Crippen LogP contribution in [0.4, 0.5) is 5.13 Å². The molecule has 1 atom stereocenters. The van der Waals surface area contributed by atoms with Crippen LogP contribution in [0.5, 0.6) is 0 Å². The van der Waals surface area contributed by atoms with E-state index in [2.05, 4.69) is 15.5 Å². The van der Waals surface area contributed by atoms with Crippen molar-refractivity contribution in [3.8, 4) is 0 Å². The van der Waals surface area contributed by atoms with E-state index in [1.807, 2.05) is 30.5 Å². The summed E-state index contributed by atoms with van der Waals surface area (Å²) >= 11 is 7.54. The van der Waals surface area contributed by atoms with Gasteiger partial charge >= 0.3 is 0 Å². The molecule has 1 aliphatic rings. The van der Waals surface area contributed by atoms with Crippen LogP contribution in [-0.4, -0.2) is 22.2 Å². The zero-order valence-corrected chi connectivity index (χ0v) is 13.7. The second-order valence-corrected chi connectivity index (χ2v) is 6.53. The Morgan fingerprint density at radius 1 is 1.45 bits per heavy atom. The number of halogens is 1. The normalized spacial score (nSPS) is 20.4. The maximum Gasteiger partial charge on any atom is 0.273 e. The third kappa shape index (κ3) is 2.84. The van der Waals surface area contributed by atoms with Crippen LogP contribution in [0.15, 0.2) is 34.8 Å². The Balaban J connectivity index is 1.74. The summed E-state index contributed by atoms with van der Waals surface area (Å²) in [6, 6.07) is 7.36. The molecule has 0 fully saturated rings. The molecule has 114 valence electrons. The summed E-state index contributed by atoms with van der Waals surface area (Å²) in [5.41, 5.74) is 1.25. The number of carbonyl (C=O) groups is 1. The first-order valence-corrected chi connectivity index (χ1v) is 7.97. The van der Waals surface area contributed by atoms with E-state index in [9.17, 15) is 4.79 Å². The molecular formula is C15H14ClN3O2S. The highest BCUT2D eigenvalue weighted by atomic mass is 35.5. The van der Waals surface area contributed by atoms with Gasteiger partial charge in [-0.3, -0.25) is 10.1 Å². The molecule has 1 unspecified atom stereocenters. The Labute approximate surface area is 137 Å². The predicted molar refractivity (Wildman–Crippen MR) is 87.6 cm³/mol. The van der Waals surface area contributed by atoms with Crippen LogP contribution in [0, 0.1) is 6.92 Å². The lowest BCUT2D eigenvalue weighted by molar-refractivity contribution is -0.135. The Morgan fingerprint density at radius 2 is 2.23 bits per heavy atom. The second-order valence-electron chi connectivity index (χ2n) is 5.26. The molecule has 1 aromatic carbocycles. The van der Waals surface area contributed by atoms with Gasteiger partial charge in [0.2, 0.25) is 5.60 Å². The number of oxime groups is 1. The first kappa shape index (κ1) is 15.0. The predicted octanol–water partition coefficient (Wildman–Crippen LogP) is 3.63. The van der Waals surface area contributed by atoms with Crippen LogP contribution in [0.1, 0.15) is 24.6 Å². The molecule has 22 heavy (non-hydrogen) atoms. The molecule has 1 amide bonds. The van der Waals surface area contributed by atoms with Gasteiger partial charge in [-0.25, -0.2) is 4.98 Å². The highest BCUT2D eigenvalue weighted by molar-refractivity contribution is 7.13. The molecule has 0 saturated carbocycles. The third-order valence-corrected chi connectivity index (χ3v) is 4.57. The van der Waals surface area contributed by atoms with Crippen molar-refractivity contribution in [2.75, 3.05) is 5.32 Å². The third-order valence-electron chi connectivity index (χ3n) is 3.37. The van der Waals surface area contributed by atoms with E-state index in [0.29, 0.717) is 22.3 Å². The van der Waals surface area contributed by atoms with Crippen molar-refractivity contribution in [2.24, 2.45) is 5.16 Å². The van der Waals surface area contributed by atoms with Gasteiger partial charge in [0, 0.05) is 22.4 Å². The summed E-state index contributed by atoms with van der Waals surface area (Å²) in [5, 5.41) is 9.83. The van der Waals surface area contributed by atoms with Crippen molar-refractivity contribution in [2.45, 2.75) is 25.9 Å². The maximum atomic E-state index is 12.4. The van der Waals surface area contributed by atoms with Crippen LogP contribution in [0.25, 0.3) is 0 Å². The Bertz CT molecular complexity index is 759. The van der Waals surface area contributed by atoms with Gasteiger partial charge in [-0.2, -0.15) is 0 Å². The van der Waals surface area contributed by atoms with Crippen molar-refractivity contribution in [3.05, 3.63) is 45.9 Å². The van der Waals surface area contributed by atoms with Crippen LogP contribution in [-0.2, 0) is 9.63 Å². The highest BCUT2D eigenvalue weighted by Gasteiger charge is 2.42. The number of nitrogens with zero attached hydrogens (tertiary/aromatic N) is 2. The summed E-state index contributed by atoms with van der Waals surface area (Å²) in [7, 11) is 0. The number of amides is 1. The summed E-state index contributed by atoms with van der Waals surface area (Å²) < 4.78 is 0.